The van der Waals surface area contributed by atoms with E-state index in [0.717, 1.165) is 11.5 Å². The Hall–Kier alpha value is -1.54. The van der Waals surface area contributed by atoms with Crippen LogP contribution in [0.25, 0.3) is 0 Å². The minimum Gasteiger partial charge on any atom is -0.458 e. The van der Waals surface area contributed by atoms with Crippen molar-refractivity contribution >= 4 is 18.4 Å². The summed E-state index contributed by atoms with van der Waals surface area (Å²) in [5.74, 6) is 2.15. The van der Waals surface area contributed by atoms with E-state index in [-0.39, 0.29) is 0 Å². The van der Waals surface area contributed by atoms with Gasteiger partial charge >= 0.3 is 0 Å². The van der Waals surface area contributed by atoms with E-state index in [4.69, 9.17) is 4.74 Å². The van der Waals surface area contributed by atoms with Gasteiger partial charge in [0.2, 0.25) is 0 Å². The Morgan fingerprint density at radius 1 is 0.778 bits per heavy atom. The van der Waals surface area contributed by atoms with Crippen molar-refractivity contribution in [1.29, 1.82) is 0 Å². The normalized spacial score (nSPS) is 15.4. The molecule has 0 atom stereocenters. The van der Waals surface area contributed by atoms with E-state index in [9.17, 15) is 0 Å². The highest BCUT2D eigenvalue weighted by molar-refractivity contribution is 7.03. The molecule has 0 unspecified atom stereocenters. The van der Waals surface area contributed by atoms with Crippen molar-refractivity contribution in [3.05, 3.63) is 48.5 Å². The van der Waals surface area contributed by atoms with Crippen LogP contribution in [0.2, 0.25) is 12.1 Å². The smallest absolute Gasteiger partial charge is 0.127 e. The minimum absolute atomic E-state index is 1.08. The Labute approximate surface area is 109 Å². The average molecular weight is 254 g/mol. The maximum atomic E-state index is 6.07. The van der Waals surface area contributed by atoms with Gasteiger partial charge in [-0.2, -0.15) is 0 Å². The van der Waals surface area contributed by atoms with E-state index < -0.39 is 8.07 Å². The number of rotatable bonds is 2. The molecule has 0 spiro atoms. The summed E-state index contributed by atoms with van der Waals surface area (Å²) in [6.07, 6.45) is 0. The monoisotopic (exact) mass is 254 g/mol. The van der Waals surface area contributed by atoms with Crippen molar-refractivity contribution in [1.82, 2.24) is 0 Å². The molecule has 1 aliphatic heterocycles. The highest BCUT2D eigenvalue weighted by Gasteiger charge is 2.41. The lowest BCUT2D eigenvalue weighted by atomic mass is 10.3. The number of fused-ring (bicyclic) bond motifs is 2. The van der Waals surface area contributed by atoms with Crippen LogP contribution >= 0.6 is 0 Å². The molecule has 2 heteroatoms. The molecule has 1 heterocycles. The average Bonchev–Trinajstić information content (AvgIpc) is 2.45. The molecule has 0 saturated carbocycles. The van der Waals surface area contributed by atoms with Gasteiger partial charge in [-0.1, -0.05) is 62.3 Å². The largest absolute Gasteiger partial charge is 0.458 e. The number of benzene rings is 2. The summed E-state index contributed by atoms with van der Waals surface area (Å²) in [4.78, 5) is 0. The molecule has 0 aromatic heterocycles. The van der Waals surface area contributed by atoms with E-state index in [1.165, 1.54) is 22.5 Å². The molecule has 2 aromatic carbocycles. The lowest BCUT2D eigenvalue weighted by Crippen LogP contribution is -2.59. The van der Waals surface area contributed by atoms with E-state index in [2.05, 4.69) is 62.4 Å². The summed E-state index contributed by atoms with van der Waals surface area (Å²) >= 11 is 0. The van der Waals surface area contributed by atoms with Crippen molar-refractivity contribution in [3.63, 3.8) is 0 Å². The van der Waals surface area contributed by atoms with Gasteiger partial charge in [0.25, 0.3) is 0 Å². The third-order valence-corrected chi connectivity index (χ3v) is 9.53. The van der Waals surface area contributed by atoms with Crippen LogP contribution in [0.3, 0.4) is 0 Å². The SMILES string of the molecule is CC[Si]1(CC)c2ccccc2Oc2ccccc21. The van der Waals surface area contributed by atoms with E-state index in [0.29, 0.717) is 0 Å². The minimum atomic E-state index is -1.60. The van der Waals surface area contributed by atoms with Crippen molar-refractivity contribution < 1.29 is 4.74 Å². The van der Waals surface area contributed by atoms with Crippen molar-refractivity contribution in [2.45, 2.75) is 25.9 Å². The highest BCUT2D eigenvalue weighted by atomic mass is 28.3. The zero-order chi connectivity index (χ0) is 12.6. The van der Waals surface area contributed by atoms with Crippen LogP contribution in [0, 0.1) is 0 Å². The van der Waals surface area contributed by atoms with Crippen LogP contribution in [0.4, 0.5) is 0 Å². The molecular formula is C16H18OSi. The van der Waals surface area contributed by atoms with E-state index in [1.807, 2.05) is 0 Å². The summed E-state index contributed by atoms with van der Waals surface area (Å²) in [7, 11) is -1.60. The molecule has 2 aromatic rings. The maximum Gasteiger partial charge on any atom is 0.127 e. The van der Waals surface area contributed by atoms with Crippen LogP contribution in [-0.2, 0) is 0 Å². The Bertz CT molecular complexity index is 525. The van der Waals surface area contributed by atoms with Crippen LogP contribution < -0.4 is 15.1 Å². The first kappa shape index (κ1) is 11.5. The van der Waals surface area contributed by atoms with Gasteiger partial charge in [-0.15, -0.1) is 0 Å². The van der Waals surface area contributed by atoms with Gasteiger partial charge in [-0.25, -0.2) is 0 Å². The van der Waals surface area contributed by atoms with Gasteiger partial charge in [0.05, 0.1) is 0 Å². The first-order valence-corrected chi connectivity index (χ1v) is 9.10. The maximum absolute atomic E-state index is 6.07. The molecule has 0 fully saturated rings. The van der Waals surface area contributed by atoms with Crippen molar-refractivity contribution in [3.8, 4) is 11.5 Å². The second-order valence-corrected chi connectivity index (χ2v) is 9.54. The lowest BCUT2D eigenvalue weighted by molar-refractivity contribution is 0.486. The summed E-state index contributed by atoms with van der Waals surface area (Å²) < 4.78 is 6.07. The third kappa shape index (κ3) is 1.45. The number of hydrogen-bond acceptors (Lipinski definition) is 1. The van der Waals surface area contributed by atoms with E-state index in [1.54, 1.807) is 0 Å². The van der Waals surface area contributed by atoms with Gasteiger partial charge in [-0.05, 0) is 22.5 Å². The van der Waals surface area contributed by atoms with E-state index >= 15 is 0 Å². The topological polar surface area (TPSA) is 9.23 Å². The molecule has 1 nitrogen and oxygen atoms in total. The van der Waals surface area contributed by atoms with Crippen LogP contribution in [0.5, 0.6) is 11.5 Å². The summed E-state index contributed by atoms with van der Waals surface area (Å²) in [5, 5.41) is 2.93. The molecule has 3 rings (SSSR count). The molecule has 1 aliphatic rings. The molecule has 0 saturated heterocycles. The zero-order valence-electron chi connectivity index (χ0n) is 10.9. The van der Waals surface area contributed by atoms with Crippen LogP contribution in [0.1, 0.15) is 13.8 Å². The molecule has 92 valence electrons. The van der Waals surface area contributed by atoms with Gasteiger partial charge in [0.15, 0.2) is 0 Å². The fourth-order valence-corrected chi connectivity index (χ4v) is 7.53. The zero-order valence-corrected chi connectivity index (χ0v) is 11.9. The predicted octanol–water partition coefficient (Wildman–Crippen LogP) is 3.40. The first-order chi connectivity index (χ1) is 8.81. The van der Waals surface area contributed by atoms with Gasteiger partial charge in [-0.3, -0.25) is 0 Å². The highest BCUT2D eigenvalue weighted by Crippen LogP contribution is 2.32. The molecule has 0 radical (unpaired) electrons. The van der Waals surface area contributed by atoms with Gasteiger partial charge < -0.3 is 4.74 Å². The van der Waals surface area contributed by atoms with Crippen LogP contribution in [-0.4, -0.2) is 8.07 Å². The second-order valence-electron chi connectivity index (χ2n) is 4.88. The Morgan fingerprint density at radius 2 is 1.22 bits per heavy atom. The van der Waals surface area contributed by atoms with Crippen LogP contribution in [0.15, 0.2) is 48.5 Å². The second kappa shape index (κ2) is 4.29. The molecule has 0 N–H and O–H groups in total. The summed E-state index contributed by atoms with van der Waals surface area (Å²) in [6, 6.07) is 19.6. The van der Waals surface area contributed by atoms with Gasteiger partial charge in [0.1, 0.15) is 19.6 Å². The molecular weight excluding hydrogens is 236 g/mol. The van der Waals surface area contributed by atoms with Crippen molar-refractivity contribution in [2.24, 2.45) is 0 Å². The fraction of sp³-hybridized carbons (Fsp3) is 0.250. The Balaban J connectivity index is 2.30. The lowest BCUT2D eigenvalue weighted by Gasteiger charge is -2.37. The molecule has 18 heavy (non-hydrogen) atoms. The quantitative estimate of drug-likeness (QED) is 0.746. The molecule has 0 amide bonds. The molecule has 0 bridgehead atoms. The summed E-state index contributed by atoms with van der Waals surface area (Å²) in [6.45, 7) is 4.66. The standard InChI is InChI=1S/C16H18OSi/c1-3-18(4-2)15-11-7-5-9-13(15)17-14-10-6-8-12-16(14)18/h5-12H,3-4H2,1-2H3. The Morgan fingerprint density at radius 3 is 1.67 bits per heavy atom. The fourth-order valence-electron chi connectivity index (χ4n) is 3.18. The first-order valence-electron chi connectivity index (χ1n) is 6.68. The number of ether oxygens (including phenoxy) is 1. The molecule has 0 aliphatic carbocycles. The number of hydrogen-bond donors (Lipinski definition) is 0. The number of para-hydroxylation sites is 2. The van der Waals surface area contributed by atoms with Crippen molar-refractivity contribution in [2.75, 3.05) is 0 Å². The Kier molecular flexibility index (Phi) is 2.75. The third-order valence-electron chi connectivity index (χ3n) is 4.23. The van der Waals surface area contributed by atoms with Gasteiger partial charge in [0, 0.05) is 0 Å². The summed E-state index contributed by atoms with van der Waals surface area (Å²) in [5.41, 5.74) is 0. The predicted molar refractivity (Wildman–Crippen MR) is 78.9 cm³/mol.